The van der Waals surface area contributed by atoms with Crippen molar-refractivity contribution in [2.45, 2.75) is 0 Å². The van der Waals surface area contributed by atoms with Crippen LogP contribution in [0, 0.1) is 0 Å². The lowest BCUT2D eigenvalue weighted by Gasteiger charge is -2.21. The van der Waals surface area contributed by atoms with E-state index >= 15 is 0 Å². The molecule has 1 heterocycles. The van der Waals surface area contributed by atoms with Gasteiger partial charge in [-0.25, -0.2) is 0 Å². The van der Waals surface area contributed by atoms with E-state index in [1.54, 1.807) is 24.3 Å². The molecule has 0 aliphatic carbocycles. The number of hydrogen-bond donors (Lipinski definition) is 1. The minimum Gasteiger partial charge on any atom is -0.502 e. The van der Waals surface area contributed by atoms with Gasteiger partial charge in [0, 0.05) is 26.9 Å². The number of hydrogen-bond acceptors (Lipinski definition) is 12. The quantitative estimate of drug-likeness (QED) is 0.232. The van der Waals surface area contributed by atoms with Crippen molar-refractivity contribution in [1.29, 1.82) is 0 Å². The largest absolute Gasteiger partial charge is 0.502 e. The zero-order chi connectivity index (χ0) is 26.8. The lowest BCUT2D eigenvalue weighted by Crippen LogP contribution is -2.14. The average molecular weight is 523 g/mol. The van der Waals surface area contributed by atoms with Crippen LogP contribution >= 0.6 is 0 Å². The molecule has 3 rings (SSSR count). The lowest BCUT2D eigenvalue weighted by molar-refractivity contribution is -0.0126. The molecule has 0 aliphatic heterocycles. The first-order valence-corrected chi connectivity index (χ1v) is 11.0. The van der Waals surface area contributed by atoms with E-state index in [9.17, 15) is 9.90 Å². The second-order valence-electron chi connectivity index (χ2n) is 7.33. The van der Waals surface area contributed by atoms with Gasteiger partial charge in [0.15, 0.2) is 37.5 Å². The van der Waals surface area contributed by atoms with Crippen molar-refractivity contribution >= 4 is 11.0 Å². The summed E-state index contributed by atoms with van der Waals surface area (Å²) in [5, 5.41) is 10.7. The third-order valence-electron chi connectivity index (χ3n) is 5.06. The molecule has 0 bridgehead atoms. The third-order valence-corrected chi connectivity index (χ3v) is 5.06. The van der Waals surface area contributed by atoms with Crippen LogP contribution in [0.1, 0.15) is 0 Å². The maximum absolute atomic E-state index is 13.5. The SMILES string of the molecule is COCCOCOc1c(OCOC)c(OCOC)c(OC)c2oc(-c3ccc(OC)cc3)c(O)c(=O)c12. The van der Waals surface area contributed by atoms with Crippen molar-refractivity contribution in [2.75, 3.05) is 69.1 Å². The number of rotatable bonds is 15. The molecule has 12 nitrogen and oxygen atoms in total. The Kier molecular flexibility index (Phi) is 10.2. The smallest absolute Gasteiger partial charge is 0.239 e. The van der Waals surface area contributed by atoms with E-state index in [4.69, 9.17) is 47.0 Å². The molecule has 1 aromatic heterocycles. The van der Waals surface area contributed by atoms with Crippen LogP contribution in [-0.4, -0.2) is 74.2 Å². The Morgan fingerprint density at radius 1 is 0.730 bits per heavy atom. The van der Waals surface area contributed by atoms with Gasteiger partial charge in [0.2, 0.25) is 28.4 Å². The summed E-state index contributed by atoms with van der Waals surface area (Å²) in [7, 11) is 7.28. The van der Waals surface area contributed by atoms with Crippen LogP contribution in [0.2, 0.25) is 0 Å². The minimum atomic E-state index is -0.794. The molecular formula is C25H30O12. The molecule has 2 aromatic carbocycles. The predicted octanol–water partition coefficient (Wildman–Crippen LogP) is 3.15. The van der Waals surface area contributed by atoms with Gasteiger partial charge in [-0.15, -0.1) is 0 Å². The van der Waals surface area contributed by atoms with Gasteiger partial charge in [0.25, 0.3) is 0 Å². The van der Waals surface area contributed by atoms with Crippen LogP contribution in [-0.2, 0) is 18.9 Å². The van der Waals surface area contributed by atoms with Gasteiger partial charge in [0.1, 0.15) is 11.1 Å². The zero-order valence-electron chi connectivity index (χ0n) is 21.3. The van der Waals surface area contributed by atoms with E-state index in [0.29, 0.717) is 17.9 Å². The first kappa shape index (κ1) is 27.9. The van der Waals surface area contributed by atoms with Crippen LogP contribution in [0.25, 0.3) is 22.3 Å². The molecule has 0 unspecified atom stereocenters. The number of ether oxygens (including phenoxy) is 9. The molecule has 37 heavy (non-hydrogen) atoms. The first-order valence-electron chi connectivity index (χ1n) is 11.0. The van der Waals surface area contributed by atoms with E-state index in [-0.39, 0.29) is 66.7 Å². The Bertz CT molecular complexity index is 1220. The molecule has 0 fully saturated rings. The Labute approximate surface area is 213 Å². The normalized spacial score (nSPS) is 10.9. The molecule has 0 radical (unpaired) electrons. The third kappa shape index (κ3) is 6.17. The molecule has 0 saturated carbocycles. The van der Waals surface area contributed by atoms with Crippen molar-refractivity contribution in [2.24, 2.45) is 0 Å². The van der Waals surface area contributed by atoms with Gasteiger partial charge in [-0.1, -0.05) is 0 Å². The molecule has 1 N–H and O–H groups in total. The van der Waals surface area contributed by atoms with Gasteiger partial charge in [-0.05, 0) is 24.3 Å². The van der Waals surface area contributed by atoms with E-state index in [1.807, 2.05) is 0 Å². The molecule has 202 valence electrons. The zero-order valence-corrected chi connectivity index (χ0v) is 21.3. The van der Waals surface area contributed by atoms with Gasteiger partial charge in [0.05, 0.1) is 27.4 Å². The van der Waals surface area contributed by atoms with Crippen LogP contribution in [0.5, 0.6) is 34.5 Å². The van der Waals surface area contributed by atoms with Gasteiger partial charge >= 0.3 is 0 Å². The molecule has 3 aromatic rings. The molecule has 12 heteroatoms. The second kappa shape index (κ2) is 13.6. The van der Waals surface area contributed by atoms with E-state index in [0.717, 1.165) is 0 Å². The summed E-state index contributed by atoms with van der Waals surface area (Å²) in [6, 6.07) is 6.59. The van der Waals surface area contributed by atoms with Gasteiger partial charge in [-0.3, -0.25) is 4.79 Å². The van der Waals surface area contributed by atoms with Crippen molar-refractivity contribution in [3.63, 3.8) is 0 Å². The number of methoxy groups -OCH3 is 5. The number of aromatic hydroxyl groups is 1. The monoisotopic (exact) mass is 522 g/mol. The fourth-order valence-electron chi connectivity index (χ4n) is 3.38. The van der Waals surface area contributed by atoms with Crippen LogP contribution in [0.3, 0.4) is 0 Å². The van der Waals surface area contributed by atoms with Gasteiger partial charge < -0.3 is 52.2 Å². The Morgan fingerprint density at radius 3 is 1.92 bits per heavy atom. The lowest BCUT2D eigenvalue weighted by atomic mass is 10.1. The molecular weight excluding hydrogens is 492 g/mol. The summed E-state index contributed by atoms with van der Waals surface area (Å²) in [5.41, 5.74) is -0.430. The predicted molar refractivity (Wildman–Crippen MR) is 131 cm³/mol. The standard InChI is InChI=1S/C25H30O12/c1-28-10-11-33-14-36-21-17-18(26)19(27)20(15-6-8-16(31-4)9-7-15)37-22(17)23(32-5)25(35-13-30-3)24(21)34-12-29-2/h6-9,27H,10-14H2,1-5H3. The highest BCUT2D eigenvalue weighted by atomic mass is 16.7. The molecule has 0 aliphatic rings. The minimum absolute atomic E-state index is 0.0117. The Balaban J connectivity index is 2.30. The maximum Gasteiger partial charge on any atom is 0.239 e. The van der Waals surface area contributed by atoms with Gasteiger partial charge in [-0.2, -0.15) is 0 Å². The maximum atomic E-state index is 13.5. The second-order valence-corrected chi connectivity index (χ2v) is 7.33. The summed E-state index contributed by atoms with van der Waals surface area (Å²) in [6.07, 6.45) is 0. The summed E-state index contributed by atoms with van der Waals surface area (Å²) < 4.78 is 54.5. The van der Waals surface area contributed by atoms with Crippen LogP contribution in [0.4, 0.5) is 0 Å². The molecule has 0 amide bonds. The highest BCUT2D eigenvalue weighted by Crippen LogP contribution is 2.52. The summed E-state index contributed by atoms with van der Waals surface area (Å²) in [4.78, 5) is 13.5. The van der Waals surface area contributed by atoms with Crippen molar-refractivity contribution < 1.29 is 52.2 Å². The first-order chi connectivity index (χ1) is 18.0. The van der Waals surface area contributed by atoms with Crippen molar-refractivity contribution in [3.05, 3.63) is 34.5 Å². The molecule has 0 spiro atoms. The number of benzene rings is 2. The molecule has 0 saturated heterocycles. The highest BCUT2D eigenvalue weighted by Gasteiger charge is 2.31. The van der Waals surface area contributed by atoms with Crippen LogP contribution < -0.4 is 29.1 Å². The van der Waals surface area contributed by atoms with Crippen molar-refractivity contribution in [3.8, 4) is 45.8 Å². The summed E-state index contributed by atoms with van der Waals surface area (Å²) in [5.74, 6) is -0.266. The Hall–Kier alpha value is -3.71. The van der Waals surface area contributed by atoms with Crippen molar-refractivity contribution in [1.82, 2.24) is 0 Å². The summed E-state index contributed by atoms with van der Waals surface area (Å²) >= 11 is 0. The van der Waals surface area contributed by atoms with Crippen LogP contribution in [0.15, 0.2) is 33.5 Å². The fourth-order valence-corrected chi connectivity index (χ4v) is 3.38. The topological polar surface area (TPSA) is 134 Å². The number of fused-ring (bicyclic) bond motifs is 1. The summed E-state index contributed by atoms with van der Waals surface area (Å²) in [6.45, 7) is -0.134. The van der Waals surface area contributed by atoms with E-state index in [1.165, 1.54) is 35.5 Å². The average Bonchev–Trinajstić information content (AvgIpc) is 2.92. The fraction of sp³-hybridized carbons (Fsp3) is 0.400. The Morgan fingerprint density at radius 2 is 1.35 bits per heavy atom. The highest BCUT2D eigenvalue weighted by molar-refractivity contribution is 5.96. The van der Waals surface area contributed by atoms with E-state index < -0.39 is 11.2 Å². The van der Waals surface area contributed by atoms with E-state index in [2.05, 4.69) is 0 Å². The molecule has 0 atom stereocenters.